The van der Waals surface area contributed by atoms with E-state index in [0.717, 1.165) is 25.8 Å². The van der Waals surface area contributed by atoms with Crippen LogP contribution in [0.4, 0.5) is 0 Å². The lowest BCUT2D eigenvalue weighted by Crippen LogP contribution is -2.36. The maximum Gasteiger partial charge on any atom is 0.166 e. The molecule has 0 amide bonds. The van der Waals surface area contributed by atoms with Crippen LogP contribution in [0.15, 0.2) is 48.5 Å². The molecule has 4 heteroatoms. The van der Waals surface area contributed by atoms with Crippen LogP contribution >= 0.6 is 23.2 Å². The molecule has 0 bridgehead atoms. The quantitative estimate of drug-likeness (QED) is 0.521. The van der Waals surface area contributed by atoms with Crippen LogP contribution in [0, 0.1) is 11.8 Å². The molecule has 28 heavy (non-hydrogen) atoms. The predicted octanol–water partition coefficient (Wildman–Crippen LogP) is 6.47. The summed E-state index contributed by atoms with van der Waals surface area (Å²) in [5.74, 6) is 1.68. The zero-order chi connectivity index (χ0) is 19.5. The highest BCUT2D eigenvalue weighted by molar-refractivity contribution is 6.42. The average Bonchev–Trinajstić information content (AvgIpc) is 3.19. The van der Waals surface area contributed by atoms with Crippen molar-refractivity contribution in [1.29, 1.82) is 0 Å². The van der Waals surface area contributed by atoms with E-state index in [-0.39, 0.29) is 11.7 Å². The van der Waals surface area contributed by atoms with Crippen molar-refractivity contribution < 1.29 is 4.79 Å². The van der Waals surface area contributed by atoms with Crippen LogP contribution < -0.4 is 0 Å². The van der Waals surface area contributed by atoms with Gasteiger partial charge >= 0.3 is 0 Å². The Morgan fingerprint density at radius 3 is 2.39 bits per heavy atom. The van der Waals surface area contributed by atoms with Crippen LogP contribution in [0.2, 0.25) is 10.0 Å². The molecule has 4 rings (SSSR count). The molecule has 0 N–H and O–H groups in total. The molecule has 0 radical (unpaired) electrons. The molecule has 1 heterocycles. The highest BCUT2D eigenvalue weighted by Crippen LogP contribution is 2.36. The first-order valence-corrected chi connectivity index (χ1v) is 11.1. The molecular formula is C24H27Cl2NO. The van der Waals surface area contributed by atoms with Crippen LogP contribution in [0.3, 0.4) is 0 Å². The van der Waals surface area contributed by atoms with Crippen molar-refractivity contribution in [2.75, 3.05) is 19.6 Å². The lowest BCUT2D eigenvalue weighted by atomic mass is 9.89. The third kappa shape index (κ3) is 4.62. The molecule has 2 aromatic carbocycles. The van der Waals surface area contributed by atoms with Crippen molar-refractivity contribution in [3.63, 3.8) is 0 Å². The minimum absolute atomic E-state index is 0.129. The Morgan fingerprint density at radius 1 is 0.929 bits per heavy atom. The molecule has 1 saturated carbocycles. The van der Waals surface area contributed by atoms with Gasteiger partial charge in [0.15, 0.2) is 5.78 Å². The largest absolute Gasteiger partial charge is 0.303 e. The van der Waals surface area contributed by atoms with E-state index in [1.54, 1.807) is 18.2 Å². The zero-order valence-electron chi connectivity index (χ0n) is 16.1. The van der Waals surface area contributed by atoms with Gasteiger partial charge in [0.1, 0.15) is 0 Å². The summed E-state index contributed by atoms with van der Waals surface area (Å²) in [5.41, 5.74) is 2.18. The number of carbonyl (C=O) groups excluding carboxylic acids is 1. The number of carbonyl (C=O) groups is 1. The minimum Gasteiger partial charge on any atom is -0.303 e. The van der Waals surface area contributed by atoms with Crippen LogP contribution in [0.1, 0.15) is 53.9 Å². The molecule has 2 atom stereocenters. The van der Waals surface area contributed by atoms with Gasteiger partial charge in [0.05, 0.1) is 10.0 Å². The van der Waals surface area contributed by atoms with Gasteiger partial charge in [-0.1, -0.05) is 53.5 Å². The van der Waals surface area contributed by atoms with Crippen molar-refractivity contribution >= 4 is 29.0 Å². The second kappa shape index (κ2) is 8.98. The summed E-state index contributed by atoms with van der Waals surface area (Å²) >= 11 is 12.1. The van der Waals surface area contributed by atoms with Crippen LogP contribution in [0.25, 0.3) is 0 Å². The summed E-state index contributed by atoms with van der Waals surface area (Å²) < 4.78 is 0. The average molecular weight is 416 g/mol. The standard InChI is InChI=1S/C24H27Cl2NO/c25-22-9-8-21(15-23(22)26)24(28)20-7-6-17(14-20)16-27-12-10-19(11-13-27)18-4-2-1-3-5-18/h1-5,8-9,15,17,19-20H,6-7,10-14,16H2. The maximum absolute atomic E-state index is 12.8. The van der Waals surface area contributed by atoms with E-state index < -0.39 is 0 Å². The molecule has 2 aliphatic rings. The normalized spacial score (nSPS) is 23.8. The molecular weight excluding hydrogens is 389 g/mol. The molecule has 0 aromatic heterocycles. The first-order valence-electron chi connectivity index (χ1n) is 10.4. The number of hydrogen-bond acceptors (Lipinski definition) is 2. The number of likely N-dealkylation sites (tertiary alicyclic amines) is 1. The van der Waals surface area contributed by atoms with E-state index in [4.69, 9.17) is 23.2 Å². The number of rotatable bonds is 5. The highest BCUT2D eigenvalue weighted by Gasteiger charge is 2.32. The van der Waals surface area contributed by atoms with E-state index in [1.165, 1.54) is 31.5 Å². The Labute approximate surface area is 177 Å². The first kappa shape index (κ1) is 19.9. The summed E-state index contributed by atoms with van der Waals surface area (Å²) in [4.78, 5) is 15.4. The van der Waals surface area contributed by atoms with Gasteiger partial charge in [0, 0.05) is 18.0 Å². The Kier molecular flexibility index (Phi) is 6.40. The number of piperidine rings is 1. The summed E-state index contributed by atoms with van der Waals surface area (Å²) in [5, 5.41) is 0.963. The number of Topliss-reactive ketones (excluding diaryl/α,β-unsaturated/α-hetero) is 1. The molecule has 1 saturated heterocycles. The van der Waals surface area contributed by atoms with Crippen molar-refractivity contribution in [3.05, 3.63) is 69.7 Å². The van der Waals surface area contributed by atoms with Gasteiger partial charge in [-0.2, -0.15) is 0 Å². The second-order valence-electron chi connectivity index (χ2n) is 8.35. The molecule has 2 fully saturated rings. The monoisotopic (exact) mass is 415 g/mol. The predicted molar refractivity (Wildman–Crippen MR) is 116 cm³/mol. The van der Waals surface area contributed by atoms with Crippen LogP contribution in [-0.2, 0) is 0 Å². The SMILES string of the molecule is O=C(c1ccc(Cl)c(Cl)c1)C1CCC(CN2CCC(c3ccccc3)CC2)C1. The van der Waals surface area contributed by atoms with Gasteiger partial charge < -0.3 is 4.90 Å². The van der Waals surface area contributed by atoms with E-state index in [0.29, 0.717) is 27.4 Å². The molecule has 2 aromatic rings. The summed E-state index contributed by atoms with van der Waals surface area (Å²) in [6.45, 7) is 3.47. The van der Waals surface area contributed by atoms with E-state index in [9.17, 15) is 4.79 Å². The number of hydrogen-bond donors (Lipinski definition) is 0. The zero-order valence-corrected chi connectivity index (χ0v) is 17.6. The number of ketones is 1. The third-order valence-electron chi connectivity index (χ3n) is 6.49. The van der Waals surface area contributed by atoms with Crippen molar-refractivity contribution in [3.8, 4) is 0 Å². The lowest BCUT2D eigenvalue weighted by Gasteiger charge is -2.33. The minimum atomic E-state index is 0.129. The van der Waals surface area contributed by atoms with Crippen molar-refractivity contribution in [2.24, 2.45) is 11.8 Å². The smallest absolute Gasteiger partial charge is 0.166 e. The van der Waals surface area contributed by atoms with Crippen LogP contribution in [-0.4, -0.2) is 30.3 Å². The van der Waals surface area contributed by atoms with E-state index >= 15 is 0 Å². The van der Waals surface area contributed by atoms with Gasteiger partial charge in [0.25, 0.3) is 0 Å². The fourth-order valence-electron chi connectivity index (χ4n) is 4.90. The first-order chi connectivity index (χ1) is 13.6. The van der Waals surface area contributed by atoms with Gasteiger partial charge in [-0.25, -0.2) is 0 Å². The van der Waals surface area contributed by atoms with Gasteiger partial charge in [-0.15, -0.1) is 0 Å². The number of nitrogens with zero attached hydrogens (tertiary/aromatic N) is 1. The third-order valence-corrected chi connectivity index (χ3v) is 7.23. The number of halogens is 2. The van der Waals surface area contributed by atoms with Gasteiger partial charge in [-0.05, 0) is 80.8 Å². The fraction of sp³-hybridized carbons (Fsp3) is 0.458. The Morgan fingerprint density at radius 2 is 1.68 bits per heavy atom. The summed E-state index contributed by atoms with van der Waals surface area (Å²) in [6.07, 6.45) is 5.61. The molecule has 1 aliphatic carbocycles. The Bertz CT molecular complexity index is 815. The topological polar surface area (TPSA) is 20.3 Å². The van der Waals surface area contributed by atoms with E-state index in [2.05, 4.69) is 35.2 Å². The van der Waals surface area contributed by atoms with Gasteiger partial charge in [-0.3, -0.25) is 4.79 Å². The van der Waals surface area contributed by atoms with Gasteiger partial charge in [0.2, 0.25) is 0 Å². The molecule has 2 unspecified atom stereocenters. The Balaban J connectivity index is 1.27. The number of benzene rings is 2. The van der Waals surface area contributed by atoms with E-state index in [1.807, 2.05) is 0 Å². The highest BCUT2D eigenvalue weighted by atomic mass is 35.5. The molecule has 1 aliphatic heterocycles. The van der Waals surface area contributed by atoms with Crippen molar-refractivity contribution in [2.45, 2.75) is 38.0 Å². The summed E-state index contributed by atoms with van der Waals surface area (Å²) in [6, 6.07) is 16.1. The van der Waals surface area contributed by atoms with Crippen molar-refractivity contribution in [1.82, 2.24) is 4.90 Å². The summed E-state index contributed by atoms with van der Waals surface area (Å²) in [7, 11) is 0. The molecule has 2 nitrogen and oxygen atoms in total. The van der Waals surface area contributed by atoms with Crippen LogP contribution in [0.5, 0.6) is 0 Å². The lowest BCUT2D eigenvalue weighted by molar-refractivity contribution is 0.0917. The maximum atomic E-state index is 12.8. The molecule has 148 valence electrons. The Hall–Kier alpha value is -1.35. The molecule has 0 spiro atoms. The fourth-order valence-corrected chi connectivity index (χ4v) is 5.20. The second-order valence-corrected chi connectivity index (χ2v) is 9.17.